The number of rotatable bonds is 4. The minimum atomic E-state index is -4.44. The van der Waals surface area contributed by atoms with Crippen molar-refractivity contribution < 1.29 is 22.9 Å². The Bertz CT molecular complexity index is 1130. The molecule has 1 aliphatic rings. The fourth-order valence-electron chi connectivity index (χ4n) is 3.63. The molecule has 3 aromatic rings. The summed E-state index contributed by atoms with van der Waals surface area (Å²) in [6.45, 7) is 2.38. The van der Waals surface area contributed by atoms with Crippen molar-refractivity contribution in [3.63, 3.8) is 0 Å². The van der Waals surface area contributed by atoms with Gasteiger partial charge in [0.2, 0.25) is 0 Å². The SMILES string of the molecule is O=C(c1cc(-c2ccc(C(F)(F)F)cc2)[nH]c1-c1ccc([N+](=O)[O-])cc1)N1CCNCC1. The highest BCUT2D eigenvalue weighted by Crippen LogP contribution is 2.34. The summed E-state index contributed by atoms with van der Waals surface area (Å²) < 4.78 is 38.7. The van der Waals surface area contributed by atoms with Crippen molar-refractivity contribution in [2.75, 3.05) is 26.2 Å². The first-order valence-electron chi connectivity index (χ1n) is 9.89. The van der Waals surface area contributed by atoms with Crippen LogP contribution in [0.5, 0.6) is 0 Å². The van der Waals surface area contributed by atoms with Gasteiger partial charge in [-0.05, 0) is 41.5 Å². The molecule has 2 N–H and O–H groups in total. The number of amides is 1. The Labute approximate surface area is 181 Å². The largest absolute Gasteiger partial charge is 0.416 e. The molecule has 7 nitrogen and oxygen atoms in total. The van der Waals surface area contributed by atoms with Crippen molar-refractivity contribution in [1.82, 2.24) is 15.2 Å². The van der Waals surface area contributed by atoms with Crippen LogP contribution in [0.2, 0.25) is 0 Å². The van der Waals surface area contributed by atoms with Crippen LogP contribution in [0.4, 0.5) is 18.9 Å². The number of nitrogens with zero attached hydrogens (tertiary/aromatic N) is 2. The Balaban J connectivity index is 1.75. The van der Waals surface area contributed by atoms with E-state index in [1.807, 2.05) is 0 Å². The summed E-state index contributed by atoms with van der Waals surface area (Å²) in [5.74, 6) is -0.214. The zero-order valence-corrected chi connectivity index (χ0v) is 16.8. The monoisotopic (exact) mass is 444 g/mol. The van der Waals surface area contributed by atoms with Crippen molar-refractivity contribution in [3.05, 3.63) is 75.8 Å². The van der Waals surface area contributed by atoms with E-state index in [0.717, 1.165) is 12.1 Å². The normalized spacial score (nSPS) is 14.4. The number of nitrogens with one attached hydrogen (secondary N) is 2. The molecule has 4 rings (SSSR count). The summed E-state index contributed by atoms with van der Waals surface area (Å²) in [6.07, 6.45) is -4.44. The van der Waals surface area contributed by atoms with Gasteiger partial charge in [-0.2, -0.15) is 13.2 Å². The van der Waals surface area contributed by atoms with Crippen molar-refractivity contribution in [2.24, 2.45) is 0 Å². The Morgan fingerprint density at radius 1 is 0.969 bits per heavy atom. The molecule has 0 spiro atoms. The minimum absolute atomic E-state index is 0.0850. The van der Waals surface area contributed by atoms with E-state index in [-0.39, 0.29) is 11.6 Å². The van der Waals surface area contributed by atoms with Gasteiger partial charge in [0, 0.05) is 44.0 Å². The summed E-state index contributed by atoms with van der Waals surface area (Å²) in [5.41, 5.74) is 1.49. The lowest BCUT2D eigenvalue weighted by Gasteiger charge is -2.27. The number of aromatic nitrogens is 1. The number of aromatic amines is 1. The van der Waals surface area contributed by atoms with E-state index in [2.05, 4.69) is 10.3 Å². The molecule has 2 heterocycles. The third-order valence-corrected chi connectivity index (χ3v) is 5.34. The molecule has 0 radical (unpaired) electrons. The molecule has 0 bridgehead atoms. The number of hydrogen-bond donors (Lipinski definition) is 2. The molecule has 1 amide bonds. The molecular formula is C22H19F3N4O3. The Morgan fingerprint density at radius 2 is 1.56 bits per heavy atom. The quantitative estimate of drug-likeness (QED) is 0.463. The fraction of sp³-hybridized carbons (Fsp3) is 0.227. The molecule has 32 heavy (non-hydrogen) atoms. The van der Waals surface area contributed by atoms with Gasteiger partial charge in [-0.15, -0.1) is 0 Å². The van der Waals surface area contributed by atoms with Gasteiger partial charge in [-0.3, -0.25) is 14.9 Å². The van der Waals surface area contributed by atoms with E-state index in [1.165, 1.54) is 36.4 Å². The number of nitro benzene ring substituents is 1. The first kappa shape index (κ1) is 21.6. The maximum absolute atomic E-state index is 13.2. The van der Waals surface area contributed by atoms with Gasteiger partial charge < -0.3 is 15.2 Å². The van der Waals surface area contributed by atoms with Crippen LogP contribution in [0.3, 0.4) is 0 Å². The van der Waals surface area contributed by atoms with Crippen LogP contribution < -0.4 is 5.32 Å². The molecule has 1 aliphatic heterocycles. The topological polar surface area (TPSA) is 91.3 Å². The second kappa shape index (κ2) is 8.46. The Kier molecular flexibility index (Phi) is 5.70. The summed E-state index contributed by atoms with van der Waals surface area (Å²) in [4.78, 5) is 28.5. The highest BCUT2D eigenvalue weighted by molar-refractivity contribution is 6.02. The zero-order chi connectivity index (χ0) is 22.9. The van der Waals surface area contributed by atoms with E-state index in [1.54, 1.807) is 11.0 Å². The van der Waals surface area contributed by atoms with Gasteiger partial charge in [0.05, 0.1) is 21.7 Å². The predicted molar refractivity (Wildman–Crippen MR) is 112 cm³/mol. The van der Waals surface area contributed by atoms with Crippen molar-refractivity contribution in [1.29, 1.82) is 0 Å². The number of non-ortho nitro benzene ring substituents is 1. The molecule has 1 aromatic heterocycles. The molecule has 0 unspecified atom stereocenters. The Morgan fingerprint density at radius 3 is 2.12 bits per heavy atom. The molecule has 166 valence electrons. The maximum atomic E-state index is 13.2. The van der Waals surface area contributed by atoms with Gasteiger partial charge in [0.1, 0.15) is 0 Å². The van der Waals surface area contributed by atoms with Crippen molar-refractivity contribution in [2.45, 2.75) is 6.18 Å². The van der Waals surface area contributed by atoms with Gasteiger partial charge in [-0.1, -0.05) is 12.1 Å². The van der Waals surface area contributed by atoms with Gasteiger partial charge in [0.25, 0.3) is 11.6 Å². The average Bonchev–Trinajstić information content (AvgIpc) is 3.24. The van der Waals surface area contributed by atoms with Crippen LogP contribution in [0.25, 0.3) is 22.5 Å². The third-order valence-electron chi connectivity index (χ3n) is 5.34. The van der Waals surface area contributed by atoms with E-state index < -0.39 is 16.7 Å². The molecule has 0 saturated carbocycles. The number of piperazine rings is 1. The van der Waals surface area contributed by atoms with Gasteiger partial charge in [0.15, 0.2) is 0 Å². The van der Waals surface area contributed by atoms with E-state index in [4.69, 9.17) is 0 Å². The molecule has 1 fully saturated rings. The van der Waals surface area contributed by atoms with Gasteiger partial charge >= 0.3 is 6.18 Å². The average molecular weight is 444 g/mol. The lowest BCUT2D eigenvalue weighted by atomic mass is 10.1. The smallest absolute Gasteiger partial charge is 0.354 e. The first-order valence-corrected chi connectivity index (χ1v) is 9.89. The molecule has 0 aliphatic carbocycles. The fourth-order valence-corrected chi connectivity index (χ4v) is 3.63. The van der Waals surface area contributed by atoms with Crippen LogP contribution in [0.1, 0.15) is 15.9 Å². The number of benzene rings is 2. The second-order valence-electron chi connectivity index (χ2n) is 7.39. The maximum Gasteiger partial charge on any atom is 0.416 e. The molecule has 0 atom stereocenters. The number of hydrogen-bond acceptors (Lipinski definition) is 4. The summed E-state index contributed by atoms with van der Waals surface area (Å²) in [7, 11) is 0. The highest BCUT2D eigenvalue weighted by Gasteiger charge is 2.30. The number of alkyl halides is 3. The first-order chi connectivity index (χ1) is 15.2. The van der Waals surface area contributed by atoms with E-state index >= 15 is 0 Å². The third kappa shape index (κ3) is 4.35. The van der Waals surface area contributed by atoms with Crippen molar-refractivity contribution in [3.8, 4) is 22.5 Å². The number of carbonyl (C=O) groups is 1. The highest BCUT2D eigenvalue weighted by atomic mass is 19.4. The molecular weight excluding hydrogens is 425 g/mol. The van der Waals surface area contributed by atoms with Crippen molar-refractivity contribution >= 4 is 11.6 Å². The van der Waals surface area contributed by atoms with Crippen LogP contribution in [0, 0.1) is 10.1 Å². The Hall–Kier alpha value is -3.66. The lowest BCUT2D eigenvalue weighted by molar-refractivity contribution is -0.384. The van der Waals surface area contributed by atoms with Crippen LogP contribution in [-0.4, -0.2) is 46.9 Å². The number of nitro groups is 1. The number of carbonyl (C=O) groups excluding carboxylic acids is 1. The summed E-state index contributed by atoms with van der Waals surface area (Å²) in [5, 5.41) is 14.1. The second-order valence-corrected chi connectivity index (χ2v) is 7.39. The summed E-state index contributed by atoms with van der Waals surface area (Å²) >= 11 is 0. The van der Waals surface area contributed by atoms with E-state index in [0.29, 0.717) is 54.3 Å². The number of H-pyrrole nitrogens is 1. The van der Waals surface area contributed by atoms with Crippen LogP contribution >= 0.6 is 0 Å². The zero-order valence-electron chi connectivity index (χ0n) is 16.8. The minimum Gasteiger partial charge on any atom is -0.354 e. The van der Waals surface area contributed by atoms with E-state index in [9.17, 15) is 28.1 Å². The van der Waals surface area contributed by atoms with Crippen LogP contribution in [-0.2, 0) is 6.18 Å². The predicted octanol–water partition coefficient (Wildman–Crippen LogP) is 4.32. The number of halogens is 3. The van der Waals surface area contributed by atoms with Crippen LogP contribution in [0.15, 0.2) is 54.6 Å². The standard InChI is InChI=1S/C22H19F3N4O3/c23-22(24,25)16-5-1-14(2-6-16)19-13-18(21(30)28-11-9-26-10-12-28)20(27-19)15-3-7-17(8-4-15)29(31)32/h1-8,13,26-27H,9-12H2. The molecule has 2 aromatic carbocycles. The van der Waals surface area contributed by atoms with Gasteiger partial charge in [-0.25, -0.2) is 0 Å². The lowest BCUT2D eigenvalue weighted by Crippen LogP contribution is -2.46. The summed E-state index contributed by atoms with van der Waals surface area (Å²) in [6, 6.07) is 12.0. The molecule has 10 heteroatoms. The molecule has 1 saturated heterocycles.